The number of carboxylic acid groups (broad SMARTS) is 1. The van der Waals surface area contributed by atoms with E-state index in [-0.39, 0.29) is 70.4 Å². The van der Waals surface area contributed by atoms with Gasteiger partial charge in [0.25, 0.3) is 0 Å². The van der Waals surface area contributed by atoms with E-state index in [1.54, 1.807) is 64.1 Å². The largest absolute Gasteiger partial charge is 0.489 e. The van der Waals surface area contributed by atoms with Crippen molar-refractivity contribution in [2.75, 3.05) is 88.5 Å². The van der Waals surface area contributed by atoms with Crippen LogP contribution in [-0.4, -0.2) is 149 Å². The zero-order valence-electron chi connectivity index (χ0n) is 47.7. The Morgan fingerprint density at radius 2 is 1.01 bits per heavy atom. The number of carbonyl (C=O) groups is 2. The van der Waals surface area contributed by atoms with Crippen LogP contribution in [0.15, 0.2) is 121 Å². The average Bonchev–Trinajstić information content (AvgIpc) is 3.97. The molecule has 84 heavy (non-hydrogen) atoms. The normalized spacial score (nSPS) is 18.7. The second-order valence-corrected chi connectivity index (χ2v) is 24.3. The van der Waals surface area contributed by atoms with Gasteiger partial charge in [-0.25, -0.2) is 0 Å². The Balaban J connectivity index is 0.000000249. The number of rotatable bonds is 19. The zero-order chi connectivity index (χ0) is 57.8. The molecule has 4 saturated heterocycles. The summed E-state index contributed by atoms with van der Waals surface area (Å²) in [7, 11) is 0. The minimum absolute atomic E-state index is 0. The molecule has 15 nitrogen and oxygen atoms in total. The van der Waals surface area contributed by atoms with Crippen LogP contribution in [0.5, 0.6) is 11.5 Å². The molecule has 0 spiro atoms. The first kappa shape index (κ1) is 69.6. The molecule has 6 atom stereocenters. The maximum atomic E-state index is 13.5. The molecule has 0 bridgehead atoms. The molecule has 10 rings (SSSR count). The number of hydrogen-bond donors (Lipinski definition) is 7. The Hall–Kier alpha value is -5.14. The second kappa shape index (κ2) is 32.0. The molecule has 6 aromatic carbocycles. The molecule has 0 aliphatic carbocycles. The number of carboxylic acids is 1. The van der Waals surface area contributed by atoms with Crippen molar-refractivity contribution in [3.63, 3.8) is 0 Å². The van der Waals surface area contributed by atoms with Crippen molar-refractivity contribution in [2.45, 2.75) is 117 Å². The summed E-state index contributed by atoms with van der Waals surface area (Å²) >= 11 is 12.7. The maximum absolute atomic E-state index is 13.5. The van der Waals surface area contributed by atoms with Gasteiger partial charge in [-0.15, -0.1) is 0 Å². The van der Waals surface area contributed by atoms with E-state index in [4.69, 9.17) is 43.5 Å². The average molecular weight is 1230 g/mol. The molecule has 0 aromatic heterocycles. The van der Waals surface area contributed by atoms with E-state index in [1.165, 1.54) is 34.4 Å². The minimum Gasteiger partial charge on any atom is -0.489 e. The number of amides is 1. The van der Waals surface area contributed by atoms with E-state index in [1.807, 2.05) is 24.3 Å². The van der Waals surface area contributed by atoms with E-state index in [0.29, 0.717) is 58.9 Å². The number of nitrogens with one attached hydrogen (secondary N) is 1. The van der Waals surface area contributed by atoms with Crippen LogP contribution in [0.4, 0.5) is 11.4 Å². The summed E-state index contributed by atoms with van der Waals surface area (Å²) in [6.45, 7) is 15.1. The van der Waals surface area contributed by atoms with Crippen LogP contribution < -0.4 is 30.3 Å². The van der Waals surface area contributed by atoms with Gasteiger partial charge in [0.05, 0.1) is 45.2 Å². The number of nitrogens with zero attached hydrogens (tertiary/aromatic N) is 4. The summed E-state index contributed by atoms with van der Waals surface area (Å²) < 4.78 is 11.2. The molecule has 4 heterocycles. The summed E-state index contributed by atoms with van der Waals surface area (Å²) in [4.78, 5) is 33.5. The molecule has 1 amide bonds. The Morgan fingerprint density at radius 3 is 1.44 bits per heavy atom. The fourth-order valence-corrected chi connectivity index (χ4v) is 11.4. The van der Waals surface area contributed by atoms with Gasteiger partial charge < -0.3 is 65.7 Å². The van der Waals surface area contributed by atoms with E-state index in [9.17, 15) is 30.0 Å². The third kappa shape index (κ3) is 20.0. The standard InChI is InChI=1S/C32H40ClN3O4.C17H27ClN2O3.C15H15NO2.2CH4.V/c1-32(2,39)21-40-29-12-10-24(18-27(29)33)30(37)28(20-35-14-5-6-15-35)34-31(38)25-13-16-36(19-25)26-11-9-22-7-3-4-8-23(22)17-26;1-17(2,22)11-23-15-6-5-12(9-13(15)18)16(21)14(19)10-20-7-3-4-8-20;17-15(18)13-7-8-16(10-13)14-6-5-11-3-1-2-4-12(11)9-14;;;/h3-4,7-12,17-18,25,28,30,37,39H,5-6,13-16,19-21H2,1-2H3,(H,34,38);5-6,9,14,16,21-22H,3-4,7-8,10-11,19H2,1-2H3;1-6,9,13H,7-8,10H2,(H,17,18);2*1H4;/t25-,28-,30-;14-,16?;13-;;;/m111.../s1. The molecule has 4 aliphatic rings. The van der Waals surface area contributed by atoms with Crippen LogP contribution in [0, 0.1) is 11.8 Å². The quantitative estimate of drug-likeness (QED) is 0.0403. The molecule has 18 heteroatoms. The fourth-order valence-electron chi connectivity index (χ4n) is 10.9. The van der Waals surface area contributed by atoms with Crippen molar-refractivity contribution >= 4 is 68.0 Å². The predicted octanol–water partition coefficient (Wildman–Crippen LogP) is 10.7. The Bertz CT molecular complexity index is 3040. The van der Waals surface area contributed by atoms with Crippen LogP contribution in [-0.2, 0) is 28.1 Å². The van der Waals surface area contributed by atoms with E-state index < -0.39 is 35.4 Å². The molecule has 1 unspecified atom stereocenters. The smallest absolute Gasteiger partial charge is 0.308 e. The monoisotopic (exact) mass is 1230 g/mol. The topological polar surface area (TPSA) is 205 Å². The summed E-state index contributed by atoms with van der Waals surface area (Å²) in [6, 6.07) is 38.8. The Morgan fingerprint density at radius 1 is 0.595 bits per heavy atom. The van der Waals surface area contributed by atoms with Crippen LogP contribution in [0.1, 0.15) is 104 Å². The third-order valence-corrected chi connectivity index (χ3v) is 16.1. The molecule has 1 radical (unpaired) electrons. The number of benzene rings is 6. The predicted molar refractivity (Wildman–Crippen MR) is 337 cm³/mol. The number of anilines is 2. The summed E-state index contributed by atoms with van der Waals surface area (Å²) in [5.74, 6) is -0.157. The third-order valence-electron chi connectivity index (χ3n) is 15.5. The van der Waals surface area contributed by atoms with E-state index in [2.05, 4.69) is 85.6 Å². The number of aliphatic hydroxyl groups is 4. The van der Waals surface area contributed by atoms with Crippen molar-refractivity contribution < 1.29 is 63.2 Å². The molecular weight excluding hydrogens is 1140 g/mol. The van der Waals surface area contributed by atoms with Crippen LogP contribution >= 0.6 is 23.2 Å². The Kier molecular flexibility index (Phi) is 26.5. The van der Waals surface area contributed by atoms with Crippen LogP contribution in [0.3, 0.4) is 0 Å². The summed E-state index contributed by atoms with van der Waals surface area (Å²) in [6.07, 6.45) is 4.45. The van der Waals surface area contributed by atoms with Crippen molar-refractivity contribution in [2.24, 2.45) is 17.6 Å². The van der Waals surface area contributed by atoms with Crippen molar-refractivity contribution in [1.29, 1.82) is 0 Å². The zero-order valence-corrected chi connectivity index (χ0v) is 50.6. The number of hydrogen-bond acceptors (Lipinski definition) is 13. The van der Waals surface area contributed by atoms with Crippen LogP contribution in [0.25, 0.3) is 21.5 Å². The SMILES string of the molecule is C.C.CC(C)(O)COc1ccc(C(O)[C@H](N)CN2CCCC2)cc1Cl.CC(C)(O)COc1ccc([C@@H](O)[C@@H](CN2CCCC2)NC(=O)[C@@H]2CCN(c3ccc4ccccc4c3)C2)cc1Cl.O=C(O)[C@@H]1CCN(c2ccc3ccccc3c2)C1.[V]. The number of ether oxygens (including phenoxy) is 2. The molecule has 6 aromatic rings. The fraction of sp³-hybridized carbons (Fsp3) is 0.485. The van der Waals surface area contributed by atoms with Gasteiger partial charge in [0, 0.05) is 75.2 Å². The van der Waals surface area contributed by atoms with Gasteiger partial charge in [0.15, 0.2) is 0 Å². The van der Waals surface area contributed by atoms with Crippen LogP contribution in [0.2, 0.25) is 10.0 Å². The first-order chi connectivity index (χ1) is 38.7. The number of aliphatic carboxylic acids is 1. The van der Waals surface area contributed by atoms with Gasteiger partial charge in [-0.1, -0.05) is 111 Å². The van der Waals surface area contributed by atoms with Gasteiger partial charge in [0.1, 0.15) is 30.8 Å². The molecule has 4 fully saturated rings. The maximum Gasteiger partial charge on any atom is 0.308 e. The number of halogens is 2. The van der Waals surface area contributed by atoms with Gasteiger partial charge in [-0.05, 0) is 174 Å². The minimum atomic E-state index is -0.989. The molecule has 0 saturated carbocycles. The van der Waals surface area contributed by atoms with Crippen molar-refractivity contribution in [3.05, 3.63) is 142 Å². The van der Waals surface area contributed by atoms with Gasteiger partial charge in [-0.3, -0.25) is 9.59 Å². The molecule has 457 valence electrons. The van der Waals surface area contributed by atoms with Gasteiger partial charge >= 0.3 is 5.97 Å². The first-order valence-corrected chi connectivity index (χ1v) is 29.3. The van der Waals surface area contributed by atoms with Crippen molar-refractivity contribution in [1.82, 2.24) is 15.1 Å². The van der Waals surface area contributed by atoms with Gasteiger partial charge in [0.2, 0.25) is 5.91 Å². The number of nitrogens with two attached hydrogens (primary N) is 1. The molecule has 4 aliphatic heterocycles. The summed E-state index contributed by atoms with van der Waals surface area (Å²) in [5, 5.41) is 59.3. The number of likely N-dealkylation sites (tertiary alicyclic amines) is 2. The molecule has 8 N–H and O–H groups in total. The number of carbonyl (C=O) groups excluding carboxylic acids is 1. The second-order valence-electron chi connectivity index (χ2n) is 23.5. The van der Waals surface area contributed by atoms with Gasteiger partial charge in [-0.2, -0.15) is 0 Å². The number of fused-ring (bicyclic) bond motifs is 2. The van der Waals surface area contributed by atoms with Crippen molar-refractivity contribution in [3.8, 4) is 11.5 Å². The molecular formula is C66H90Cl2N6O9V. The summed E-state index contributed by atoms with van der Waals surface area (Å²) in [5.41, 5.74) is 7.76. The Labute approximate surface area is 519 Å². The number of aliphatic hydroxyl groups excluding tert-OH is 2. The van der Waals surface area contributed by atoms with E-state index in [0.717, 1.165) is 76.3 Å². The first-order valence-electron chi connectivity index (χ1n) is 28.5. The van der Waals surface area contributed by atoms with E-state index >= 15 is 0 Å².